The summed E-state index contributed by atoms with van der Waals surface area (Å²) in [5, 5.41) is 2.59. The molecule has 0 aliphatic carbocycles. The molecule has 1 fully saturated rings. The van der Waals surface area contributed by atoms with E-state index in [4.69, 9.17) is 4.98 Å². The van der Waals surface area contributed by atoms with Crippen LogP contribution in [0.15, 0.2) is 48.5 Å². The average molecular weight is 399 g/mol. The topological polar surface area (TPSA) is 24.3 Å². The molecule has 30 heavy (non-hydrogen) atoms. The number of aromatic nitrogens is 2. The first-order valence-corrected chi connectivity index (χ1v) is 11.5. The van der Waals surface area contributed by atoms with Crippen molar-refractivity contribution < 1.29 is 0 Å². The fourth-order valence-electron chi connectivity index (χ4n) is 5.65. The maximum atomic E-state index is 5.15. The Labute approximate surface area is 178 Å². The molecule has 154 valence electrons. The molecule has 1 saturated heterocycles. The molecule has 4 nitrogen and oxygen atoms in total. The molecule has 4 heterocycles. The number of nitrogens with zero attached hydrogens (tertiary/aromatic N) is 4. The van der Waals surface area contributed by atoms with E-state index in [0.717, 1.165) is 31.1 Å². The largest absolute Gasteiger partial charge is 0.369 e. The second kappa shape index (κ2) is 7.28. The van der Waals surface area contributed by atoms with Gasteiger partial charge in [-0.05, 0) is 63.9 Å². The van der Waals surface area contributed by atoms with Crippen LogP contribution in [0.25, 0.3) is 32.8 Å². The normalized spacial score (nSPS) is 18.5. The fourth-order valence-corrected chi connectivity index (χ4v) is 5.65. The van der Waals surface area contributed by atoms with Crippen LogP contribution in [0, 0.1) is 5.92 Å². The Morgan fingerprint density at radius 3 is 2.53 bits per heavy atom. The lowest BCUT2D eigenvalue weighted by Gasteiger charge is -2.32. The Morgan fingerprint density at radius 1 is 0.900 bits per heavy atom. The van der Waals surface area contributed by atoms with Gasteiger partial charge in [-0.25, -0.2) is 4.98 Å². The van der Waals surface area contributed by atoms with Gasteiger partial charge in [0.2, 0.25) is 0 Å². The van der Waals surface area contributed by atoms with Crippen LogP contribution < -0.4 is 4.90 Å². The van der Waals surface area contributed by atoms with Crippen LogP contribution in [0.5, 0.6) is 0 Å². The Bertz CT molecular complexity index is 1220. The van der Waals surface area contributed by atoms with Crippen molar-refractivity contribution in [3.8, 4) is 0 Å². The van der Waals surface area contributed by atoms with Gasteiger partial charge in [-0.15, -0.1) is 0 Å². The minimum atomic E-state index is 0.860. The summed E-state index contributed by atoms with van der Waals surface area (Å²) >= 11 is 0. The van der Waals surface area contributed by atoms with Crippen LogP contribution >= 0.6 is 0 Å². The summed E-state index contributed by atoms with van der Waals surface area (Å²) < 4.78 is 2.54. The van der Waals surface area contributed by atoms with Crippen molar-refractivity contribution in [2.75, 3.05) is 38.1 Å². The zero-order valence-electron chi connectivity index (χ0n) is 17.8. The van der Waals surface area contributed by atoms with E-state index in [1.165, 1.54) is 71.8 Å². The molecule has 0 amide bonds. The molecule has 0 bridgehead atoms. The number of rotatable bonds is 3. The third kappa shape index (κ3) is 2.89. The van der Waals surface area contributed by atoms with E-state index in [1.54, 1.807) is 0 Å². The molecule has 0 saturated carbocycles. The van der Waals surface area contributed by atoms with Gasteiger partial charge in [0.05, 0.1) is 27.8 Å². The molecule has 4 heteroatoms. The third-order valence-electron chi connectivity index (χ3n) is 7.33. The van der Waals surface area contributed by atoms with Gasteiger partial charge in [0.1, 0.15) is 0 Å². The van der Waals surface area contributed by atoms with E-state index >= 15 is 0 Å². The number of hydrogen-bond acceptors (Lipinski definition) is 3. The maximum absolute atomic E-state index is 5.15. The quantitative estimate of drug-likeness (QED) is 0.469. The highest BCUT2D eigenvalue weighted by atomic mass is 15.2. The van der Waals surface area contributed by atoms with E-state index in [1.807, 2.05) is 0 Å². The number of piperidine rings is 1. The lowest BCUT2D eigenvalue weighted by molar-refractivity contribution is 0.213. The van der Waals surface area contributed by atoms with Crippen molar-refractivity contribution in [2.24, 2.45) is 5.92 Å². The van der Waals surface area contributed by atoms with Crippen molar-refractivity contribution in [1.29, 1.82) is 0 Å². The van der Waals surface area contributed by atoms with Gasteiger partial charge in [-0.1, -0.05) is 36.4 Å². The van der Waals surface area contributed by atoms with Gasteiger partial charge < -0.3 is 14.4 Å². The maximum Gasteiger partial charge on any atom is 0.0988 e. The van der Waals surface area contributed by atoms with E-state index in [2.05, 4.69) is 69.9 Å². The summed E-state index contributed by atoms with van der Waals surface area (Å²) in [4.78, 5) is 10.3. The Morgan fingerprint density at radius 2 is 1.67 bits per heavy atom. The lowest BCUT2D eigenvalue weighted by Crippen LogP contribution is -2.33. The minimum absolute atomic E-state index is 0.860. The predicted molar refractivity (Wildman–Crippen MR) is 126 cm³/mol. The molecule has 0 atom stereocenters. The van der Waals surface area contributed by atoms with Crippen LogP contribution in [-0.4, -0.2) is 47.7 Å². The molecule has 6 rings (SSSR count). The number of likely N-dealkylation sites (tertiary alicyclic amines) is 1. The van der Waals surface area contributed by atoms with Gasteiger partial charge in [0.25, 0.3) is 0 Å². The first-order chi connectivity index (χ1) is 14.8. The Hall–Kier alpha value is -2.59. The van der Waals surface area contributed by atoms with Gasteiger partial charge in [-0.3, -0.25) is 0 Å². The molecule has 2 aliphatic heterocycles. The van der Waals surface area contributed by atoms with E-state index in [9.17, 15) is 0 Å². The van der Waals surface area contributed by atoms with Crippen LogP contribution in [0.4, 0.5) is 5.69 Å². The van der Waals surface area contributed by atoms with Crippen molar-refractivity contribution in [2.45, 2.75) is 32.2 Å². The number of pyridine rings is 1. The van der Waals surface area contributed by atoms with Crippen molar-refractivity contribution in [3.05, 3.63) is 48.5 Å². The van der Waals surface area contributed by atoms with Crippen LogP contribution in [-0.2, 0) is 6.54 Å². The minimum Gasteiger partial charge on any atom is -0.369 e. The SMILES string of the molecule is CN1CCC(CCN2CCCn3c4ccccc4c4nc5ccccc5c2c43)CC1. The van der Waals surface area contributed by atoms with E-state index in [0.29, 0.717) is 0 Å². The Kier molecular flexibility index (Phi) is 4.41. The number of anilines is 1. The highest BCUT2D eigenvalue weighted by molar-refractivity contribution is 6.16. The molecular weight excluding hydrogens is 368 g/mol. The summed E-state index contributed by atoms with van der Waals surface area (Å²) in [5.41, 5.74) is 6.38. The van der Waals surface area contributed by atoms with Gasteiger partial charge in [0.15, 0.2) is 0 Å². The molecule has 2 aliphatic rings. The Balaban J connectivity index is 1.50. The number of aryl methyl sites for hydroxylation is 1. The summed E-state index contributed by atoms with van der Waals surface area (Å²) in [6.07, 6.45) is 5.17. The summed E-state index contributed by atoms with van der Waals surface area (Å²) in [5.74, 6) is 0.860. The van der Waals surface area contributed by atoms with Crippen LogP contribution in [0.3, 0.4) is 0 Å². The predicted octanol–water partition coefficient (Wildman–Crippen LogP) is 5.28. The molecule has 2 aromatic carbocycles. The van der Waals surface area contributed by atoms with Gasteiger partial charge in [0, 0.05) is 30.4 Å². The van der Waals surface area contributed by atoms with Crippen molar-refractivity contribution in [1.82, 2.24) is 14.5 Å². The second-order valence-corrected chi connectivity index (χ2v) is 9.22. The number of benzene rings is 2. The van der Waals surface area contributed by atoms with Crippen molar-refractivity contribution >= 4 is 38.5 Å². The summed E-state index contributed by atoms with van der Waals surface area (Å²) in [6.45, 7) is 5.86. The molecule has 2 aromatic heterocycles. The monoisotopic (exact) mass is 398 g/mol. The van der Waals surface area contributed by atoms with Crippen molar-refractivity contribution in [3.63, 3.8) is 0 Å². The highest BCUT2D eigenvalue weighted by Crippen LogP contribution is 2.41. The zero-order valence-corrected chi connectivity index (χ0v) is 17.8. The average Bonchev–Trinajstić information content (AvgIpc) is 2.96. The zero-order chi connectivity index (χ0) is 20.1. The van der Waals surface area contributed by atoms with Gasteiger partial charge in [-0.2, -0.15) is 0 Å². The number of para-hydroxylation sites is 2. The molecule has 0 radical (unpaired) electrons. The molecule has 0 spiro atoms. The number of fused-ring (bicyclic) bond motifs is 5. The first kappa shape index (κ1) is 18.2. The second-order valence-electron chi connectivity index (χ2n) is 9.22. The lowest BCUT2D eigenvalue weighted by atomic mass is 9.93. The third-order valence-corrected chi connectivity index (χ3v) is 7.33. The molecule has 4 aromatic rings. The van der Waals surface area contributed by atoms with Crippen LogP contribution in [0.2, 0.25) is 0 Å². The first-order valence-electron chi connectivity index (χ1n) is 11.5. The smallest absolute Gasteiger partial charge is 0.0988 e. The summed E-state index contributed by atoms with van der Waals surface area (Å²) in [6, 6.07) is 17.5. The summed E-state index contributed by atoms with van der Waals surface area (Å²) in [7, 11) is 2.25. The fraction of sp³-hybridized carbons (Fsp3) is 0.423. The molecule has 0 N–H and O–H groups in total. The standard InChI is InChI=1S/C26H30N4/c1-28-16-11-19(12-17-28)13-18-29-14-6-15-30-23-10-5-3-8-21(23)24-26(30)25(29)20-7-2-4-9-22(20)27-24/h2-5,7-10,19H,6,11-18H2,1H3. The number of hydrogen-bond donors (Lipinski definition) is 0. The molecule has 0 unspecified atom stereocenters. The van der Waals surface area contributed by atoms with Crippen LogP contribution in [0.1, 0.15) is 25.7 Å². The van der Waals surface area contributed by atoms with E-state index in [-0.39, 0.29) is 0 Å². The molecular formula is C26H30N4. The van der Waals surface area contributed by atoms with E-state index < -0.39 is 0 Å². The highest BCUT2D eigenvalue weighted by Gasteiger charge is 2.25. The van der Waals surface area contributed by atoms with Gasteiger partial charge >= 0.3 is 0 Å².